The van der Waals surface area contributed by atoms with Gasteiger partial charge < -0.3 is 4.74 Å². The van der Waals surface area contributed by atoms with Crippen LogP contribution in [0.3, 0.4) is 0 Å². The van der Waals surface area contributed by atoms with Gasteiger partial charge in [0.2, 0.25) is 0 Å². The number of hydrogen-bond donors (Lipinski definition) is 0. The van der Waals surface area contributed by atoms with Crippen LogP contribution in [0.2, 0.25) is 0 Å². The quantitative estimate of drug-likeness (QED) is 0.737. The molecular weight excluding hydrogens is 216 g/mol. The number of aryl methyl sites for hydroxylation is 2. The number of aldehydes is 1. The van der Waals surface area contributed by atoms with Crippen LogP contribution < -0.4 is 4.74 Å². The second kappa shape index (κ2) is 5.30. The lowest BCUT2D eigenvalue weighted by Gasteiger charge is -2.03. The van der Waals surface area contributed by atoms with E-state index in [1.807, 2.05) is 24.3 Å². The molecule has 0 amide bonds. The van der Waals surface area contributed by atoms with Gasteiger partial charge in [-0.15, -0.1) is 0 Å². The van der Waals surface area contributed by atoms with Crippen molar-refractivity contribution in [3.63, 3.8) is 0 Å². The van der Waals surface area contributed by atoms with Gasteiger partial charge in [0, 0.05) is 12.7 Å². The topological polar surface area (TPSA) is 44.1 Å². The molecule has 1 aromatic heterocycles. The van der Waals surface area contributed by atoms with Crippen molar-refractivity contribution in [3.05, 3.63) is 47.8 Å². The summed E-state index contributed by atoms with van der Waals surface area (Å²) in [6.45, 7) is 0.764. The molecule has 88 valence electrons. The van der Waals surface area contributed by atoms with Crippen molar-refractivity contribution in [3.8, 4) is 5.75 Å². The van der Waals surface area contributed by atoms with Crippen LogP contribution in [0, 0.1) is 0 Å². The van der Waals surface area contributed by atoms with E-state index < -0.39 is 0 Å². The van der Waals surface area contributed by atoms with E-state index in [1.165, 1.54) is 5.56 Å². The Balaban J connectivity index is 1.94. The minimum atomic E-state index is 0.611. The number of nitrogens with zero attached hydrogens (tertiary/aromatic N) is 2. The lowest BCUT2D eigenvalue weighted by atomic mass is 10.1. The number of methoxy groups -OCH3 is 1. The monoisotopic (exact) mass is 230 g/mol. The molecule has 1 aromatic carbocycles. The predicted octanol–water partition coefficient (Wildman–Crippen LogP) is 1.95. The fourth-order valence-corrected chi connectivity index (χ4v) is 1.60. The van der Waals surface area contributed by atoms with E-state index >= 15 is 0 Å². The normalized spacial score (nSPS) is 10.2. The SMILES string of the molecule is COc1ccc(CCn2cc(C=O)cn2)cc1. The van der Waals surface area contributed by atoms with Crippen LogP contribution in [-0.2, 0) is 13.0 Å². The van der Waals surface area contributed by atoms with E-state index in [0.29, 0.717) is 5.56 Å². The molecule has 0 saturated heterocycles. The summed E-state index contributed by atoms with van der Waals surface area (Å²) in [5, 5.41) is 4.10. The molecule has 1 heterocycles. The van der Waals surface area contributed by atoms with Crippen molar-refractivity contribution < 1.29 is 9.53 Å². The molecule has 0 unspecified atom stereocenters. The number of hydrogen-bond acceptors (Lipinski definition) is 3. The van der Waals surface area contributed by atoms with E-state index in [-0.39, 0.29) is 0 Å². The fourth-order valence-electron chi connectivity index (χ4n) is 1.60. The standard InChI is InChI=1S/C13H14N2O2/c1-17-13-4-2-11(3-5-13)6-7-15-9-12(10-16)8-14-15/h2-5,8-10H,6-7H2,1H3. The van der Waals surface area contributed by atoms with Crippen LogP contribution >= 0.6 is 0 Å². The second-order valence-corrected chi connectivity index (χ2v) is 3.75. The Labute approximate surface area is 99.8 Å². The van der Waals surface area contributed by atoms with Gasteiger partial charge in [0.25, 0.3) is 0 Å². The zero-order valence-electron chi connectivity index (χ0n) is 9.67. The van der Waals surface area contributed by atoms with Crippen LogP contribution in [0.15, 0.2) is 36.7 Å². The summed E-state index contributed by atoms with van der Waals surface area (Å²) in [5.74, 6) is 0.857. The van der Waals surface area contributed by atoms with Crippen molar-refractivity contribution in [1.29, 1.82) is 0 Å². The third-order valence-corrected chi connectivity index (χ3v) is 2.58. The van der Waals surface area contributed by atoms with Gasteiger partial charge in [-0.1, -0.05) is 12.1 Å². The highest BCUT2D eigenvalue weighted by atomic mass is 16.5. The zero-order valence-corrected chi connectivity index (χ0v) is 9.67. The van der Waals surface area contributed by atoms with E-state index in [0.717, 1.165) is 25.0 Å². The largest absolute Gasteiger partial charge is 0.497 e. The molecule has 4 heteroatoms. The van der Waals surface area contributed by atoms with Gasteiger partial charge in [0.15, 0.2) is 6.29 Å². The summed E-state index contributed by atoms with van der Waals surface area (Å²) >= 11 is 0. The predicted molar refractivity (Wildman–Crippen MR) is 64.3 cm³/mol. The van der Waals surface area contributed by atoms with Crippen LogP contribution in [0.1, 0.15) is 15.9 Å². The molecule has 0 radical (unpaired) electrons. The molecule has 2 rings (SSSR count). The average Bonchev–Trinajstić information content (AvgIpc) is 2.85. The van der Waals surface area contributed by atoms with Gasteiger partial charge in [-0.2, -0.15) is 5.10 Å². The summed E-state index contributed by atoms with van der Waals surface area (Å²) in [5.41, 5.74) is 1.83. The number of rotatable bonds is 5. The van der Waals surface area contributed by atoms with Crippen LogP contribution in [0.25, 0.3) is 0 Å². The number of carbonyl (C=O) groups is 1. The molecule has 4 nitrogen and oxygen atoms in total. The number of benzene rings is 1. The van der Waals surface area contributed by atoms with Crippen molar-refractivity contribution in [2.75, 3.05) is 7.11 Å². The van der Waals surface area contributed by atoms with E-state index in [2.05, 4.69) is 5.10 Å². The summed E-state index contributed by atoms with van der Waals surface area (Å²) in [4.78, 5) is 10.5. The minimum Gasteiger partial charge on any atom is -0.497 e. The summed E-state index contributed by atoms with van der Waals surface area (Å²) in [6, 6.07) is 7.94. The molecule has 0 aliphatic heterocycles. The smallest absolute Gasteiger partial charge is 0.153 e. The van der Waals surface area contributed by atoms with E-state index in [4.69, 9.17) is 4.74 Å². The van der Waals surface area contributed by atoms with E-state index in [1.54, 1.807) is 24.2 Å². The zero-order chi connectivity index (χ0) is 12.1. The Morgan fingerprint density at radius 2 is 2.12 bits per heavy atom. The first-order valence-corrected chi connectivity index (χ1v) is 5.42. The highest BCUT2D eigenvalue weighted by Gasteiger charge is 1.98. The maximum absolute atomic E-state index is 10.5. The lowest BCUT2D eigenvalue weighted by molar-refractivity contribution is 0.112. The van der Waals surface area contributed by atoms with Gasteiger partial charge >= 0.3 is 0 Å². The van der Waals surface area contributed by atoms with Gasteiger partial charge in [0.1, 0.15) is 5.75 Å². The van der Waals surface area contributed by atoms with Crippen LogP contribution in [0.4, 0.5) is 0 Å². The molecule has 0 fully saturated rings. The van der Waals surface area contributed by atoms with Gasteiger partial charge in [-0.3, -0.25) is 9.48 Å². The first kappa shape index (κ1) is 11.4. The van der Waals surface area contributed by atoms with Gasteiger partial charge in [-0.05, 0) is 24.1 Å². The van der Waals surface area contributed by atoms with Crippen LogP contribution in [-0.4, -0.2) is 23.2 Å². The molecule has 0 atom stereocenters. The maximum Gasteiger partial charge on any atom is 0.153 e. The molecule has 2 aromatic rings. The molecule has 0 aliphatic rings. The third kappa shape index (κ3) is 2.93. The van der Waals surface area contributed by atoms with Crippen molar-refractivity contribution in [1.82, 2.24) is 9.78 Å². The third-order valence-electron chi connectivity index (χ3n) is 2.58. The molecular formula is C13H14N2O2. The lowest BCUT2D eigenvalue weighted by Crippen LogP contribution is -2.01. The second-order valence-electron chi connectivity index (χ2n) is 3.75. The molecule has 0 N–H and O–H groups in total. The molecule has 0 spiro atoms. The fraction of sp³-hybridized carbons (Fsp3) is 0.231. The van der Waals surface area contributed by atoms with Crippen molar-refractivity contribution in [2.45, 2.75) is 13.0 Å². The number of ether oxygens (including phenoxy) is 1. The molecule has 0 bridgehead atoms. The summed E-state index contributed by atoms with van der Waals surface area (Å²) < 4.78 is 6.87. The van der Waals surface area contributed by atoms with Gasteiger partial charge in [0.05, 0.1) is 18.9 Å². The summed E-state index contributed by atoms with van der Waals surface area (Å²) in [7, 11) is 1.65. The average molecular weight is 230 g/mol. The maximum atomic E-state index is 10.5. The Morgan fingerprint density at radius 3 is 2.71 bits per heavy atom. The van der Waals surface area contributed by atoms with Crippen molar-refractivity contribution >= 4 is 6.29 Å². The Bertz CT molecular complexity index is 488. The van der Waals surface area contributed by atoms with Gasteiger partial charge in [-0.25, -0.2) is 0 Å². The Morgan fingerprint density at radius 1 is 1.35 bits per heavy atom. The number of aromatic nitrogens is 2. The molecule has 17 heavy (non-hydrogen) atoms. The first-order chi connectivity index (χ1) is 8.31. The first-order valence-electron chi connectivity index (χ1n) is 5.42. The minimum absolute atomic E-state index is 0.611. The summed E-state index contributed by atoms with van der Waals surface area (Å²) in [6.07, 6.45) is 5.00. The highest BCUT2D eigenvalue weighted by molar-refractivity contribution is 5.73. The number of carbonyl (C=O) groups excluding carboxylic acids is 1. The Kier molecular flexibility index (Phi) is 3.55. The van der Waals surface area contributed by atoms with Crippen molar-refractivity contribution in [2.24, 2.45) is 0 Å². The molecule has 0 aliphatic carbocycles. The Hall–Kier alpha value is -2.10. The van der Waals surface area contributed by atoms with Crippen LogP contribution in [0.5, 0.6) is 5.75 Å². The molecule has 0 saturated carbocycles. The van der Waals surface area contributed by atoms with E-state index in [9.17, 15) is 4.79 Å². The highest BCUT2D eigenvalue weighted by Crippen LogP contribution is 2.12.